The van der Waals surface area contributed by atoms with E-state index in [0.717, 1.165) is 25.9 Å². The fraction of sp³-hybridized carbons (Fsp3) is 0.522. The van der Waals surface area contributed by atoms with Crippen molar-refractivity contribution in [3.05, 3.63) is 34.1 Å². The Kier molecular flexibility index (Phi) is 6.64. The Labute approximate surface area is 186 Å². The van der Waals surface area contributed by atoms with Crippen molar-refractivity contribution < 1.29 is 19.1 Å². The third-order valence-electron chi connectivity index (χ3n) is 6.24. The van der Waals surface area contributed by atoms with Crippen LogP contribution < -0.4 is 25.5 Å². The molecule has 2 amide bonds. The van der Waals surface area contributed by atoms with Crippen LogP contribution in [0.15, 0.2) is 23.1 Å². The van der Waals surface area contributed by atoms with E-state index in [1.807, 2.05) is 11.5 Å². The predicted molar refractivity (Wildman–Crippen MR) is 120 cm³/mol. The van der Waals surface area contributed by atoms with E-state index < -0.39 is 5.91 Å². The van der Waals surface area contributed by atoms with E-state index in [2.05, 4.69) is 22.5 Å². The zero-order valence-corrected chi connectivity index (χ0v) is 18.6. The molecule has 1 aromatic heterocycles. The number of ether oxygens (including phenoxy) is 2. The summed E-state index contributed by atoms with van der Waals surface area (Å²) in [5, 5.41) is 6.07. The second-order valence-corrected chi connectivity index (χ2v) is 8.12. The number of fused-ring (bicyclic) bond motifs is 2. The molecule has 2 aliphatic heterocycles. The molecular formula is C23H30N4O5. The van der Waals surface area contributed by atoms with E-state index in [0.29, 0.717) is 41.5 Å². The van der Waals surface area contributed by atoms with E-state index in [4.69, 9.17) is 9.47 Å². The zero-order valence-electron chi connectivity index (χ0n) is 18.6. The van der Waals surface area contributed by atoms with E-state index in [1.54, 1.807) is 18.3 Å². The van der Waals surface area contributed by atoms with Crippen LogP contribution in [0.1, 0.15) is 43.5 Å². The predicted octanol–water partition coefficient (Wildman–Crippen LogP) is 1.47. The van der Waals surface area contributed by atoms with Crippen LogP contribution in [0.4, 0.5) is 0 Å². The molecule has 1 aromatic carbocycles. The summed E-state index contributed by atoms with van der Waals surface area (Å²) in [6.07, 6.45) is 3.98. The summed E-state index contributed by atoms with van der Waals surface area (Å²) in [6, 6.07) is 3.77. The molecule has 0 spiro atoms. The average Bonchev–Trinajstić information content (AvgIpc) is 3.45. The highest BCUT2D eigenvalue weighted by Gasteiger charge is 2.23. The maximum atomic E-state index is 13.0. The number of nitrogens with one attached hydrogen (secondary N) is 2. The van der Waals surface area contributed by atoms with Crippen molar-refractivity contribution in [2.45, 2.75) is 45.7 Å². The molecule has 2 aliphatic rings. The van der Waals surface area contributed by atoms with Gasteiger partial charge in [0.05, 0.1) is 10.9 Å². The molecule has 0 unspecified atom stereocenters. The largest absolute Gasteiger partial charge is 0.454 e. The second-order valence-electron chi connectivity index (χ2n) is 8.12. The van der Waals surface area contributed by atoms with Crippen LogP contribution in [0.5, 0.6) is 11.5 Å². The van der Waals surface area contributed by atoms with Crippen molar-refractivity contribution in [3.63, 3.8) is 0 Å². The van der Waals surface area contributed by atoms with E-state index in [-0.39, 0.29) is 36.7 Å². The minimum Gasteiger partial charge on any atom is -0.454 e. The fourth-order valence-corrected chi connectivity index (χ4v) is 4.45. The number of rotatable bonds is 8. The van der Waals surface area contributed by atoms with E-state index >= 15 is 0 Å². The molecule has 9 nitrogen and oxygen atoms in total. The first kappa shape index (κ1) is 22.1. The fourth-order valence-electron chi connectivity index (χ4n) is 4.45. The van der Waals surface area contributed by atoms with Gasteiger partial charge in [-0.25, -0.2) is 0 Å². The Morgan fingerprint density at radius 2 is 1.91 bits per heavy atom. The van der Waals surface area contributed by atoms with Gasteiger partial charge in [-0.05, 0) is 38.9 Å². The monoisotopic (exact) mass is 442 g/mol. The van der Waals surface area contributed by atoms with Gasteiger partial charge in [0.2, 0.25) is 18.1 Å². The number of pyridine rings is 1. The van der Waals surface area contributed by atoms with Crippen LogP contribution >= 0.6 is 0 Å². The molecule has 0 saturated carbocycles. The molecule has 32 heavy (non-hydrogen) atoms. The minimum atomic E-state index is -0.488. The van der Waals surface area contributed by atoms with Crippen molar-refractivity contribution in [2.24, 2.45) is 0 Å². The molecule has 3 heterocycles. The van der Waals surface area contributed by atoms with Gasteiger partial charge in [0.15, 0.2) is 11.5 Å². The van der Waals surface area contributed by atoms with Gasteiger partial charge in [0.1, 0.15) is 5.56 Å². The molecule has 1 saturated heterocycles. The number of nitrogens with zero attached hydrogens (tertiary/aromatic N) is 2. The van der Waals surface area contributed by atoms with Crippen LogP contribution in [0.25, 0.3) is 10.9 Å². The number of aromatic nitrogens is 1. The third kappa shape index (κ3) is 4.43. The van der Waals surface area contributed by atoms with E-state index in [9.17, 15) is 14.4 Å². The third-order valence-corrected chi connectivity index (χ3v) is 6.24. The van der Waals surface area contributed by atoms with Crippen molar-refractivity contribution >= 4 is 22.7 Å². The van der Waals surface area contributed by atoms with E-state index in [1.165, 1.54) is 0 Å². The first-order chi connectivity index (χ1) is 15.5. The maximum absolute atomic E-state index is 13.0. The number of amides is 2. The van der Waals surface area contributed by atoms with Crippen molar-refractivity contribution in [1.82, 2.24) is 20.1 Å². The smallest absolute Gasteiger partial charge is 0.256 e. The molecule has 0 radical (unpaired) electrons. The van der Waals surface area contributed by atoms with Crippen LogP contribution in [0.3, 0.4) is 0 Å². The molecule has 2 N–H and O–H groups in total. The number of hydrogen-bond donors (Lipinski definition) is 2. The van der Waals surface area contributed by atoms with Gasteiger partial charge in [-0.15, -0.1) is 0 Å². The molecule has 9 heteroatoms. The standard InChI is InChI=1S/C23H30N4O5/c1-3-26-9-5-6-15(26)12-25-21(28)7-8-24-23(30)17-13-27(4-2)18-11-20-19(31-14-32-20)10-16(18)22(17)29/h10-11,13,15H,3-9,12,14H2,1-2H3,(H,24,30)(H,25,28)/t15-/m0/s1. The molecule has 0 bridgehead atoms. The normalized spacial score (nSPS) is 17.6. The van der Waals surface area contributed by atoms with Gasteiger partial charge >= 0.3 is 0 Å². The van der Waals surface area contributed by atoms with Crippen molar-refractivity contribution in [3.8, 4) is 11.5 Å². The molecule has 4 rings (SSSR count). The van der Waals surface area contributed by atoms with Crippen molar-refractivity contribution in [1.29, 1.82) is 0 Å². The summed E-state index contributed by atoms with van der Waals surface area (Å²) in [5.41, 5.74) is 0.361. The lowest BCUT2D eigenvalue weighted by Gasteiger charge is -2.22. The molecule has 1 atom stereocenters. The van der Waals surface area contributed by atoms with Crippen LogP contribution in [-0.2, 0) is 11.3 Å². The molecule has 2 aromatic rings. The molecule has 172 valence electrons. The summed E-state index contributed by atoms with van der Waals surface area (Å²) < 4.78 is 12.6. The molecular weight excluding hydrogens is 412 g/mol. The van der Waals surface area contributed by atoms with Crippen molar-refractivity contribution in [2.75, 3.05) is 33.0 Å². The number of likely N-dealkylation sites (N-methyl/N-ethyl adjacent to an activating group) is 1. The van der Waals surface area contributed by atoms with Gasteiger partial charge in [-0.2, -0.15) is 0 Å². The second kappa shape index (κ2) is 9.60. The van der Waals surface area contributed by atoms with Gasteiger partial charge in [-0.1, -0.05) is 6.92 Å². The van der Waals surface area contributed by atoms with Gasteiger partial charge in [-0.3, -0.25) is 19.3 Å². The van der Waals surface area contributed by atoms with Crippen LogP contribution in [0, 0.1) is 0 Å². The van der Waals surface area contributed by atoms with Gasteiger partial charge in [0, 0.05) is 44.4 Å². The number of hydrogen-bond acceptors (Lipinski definition) is 6. The first-order valence-corrected chi connectivity index (χ1v) is 11.3. The maximum Gasteiger partial charge on any atom is 0.256 e. The zero-order chi connectivity index (χ0) is 22.7. The topological polar surface area (TPSA) is 102 Å². The first-order valence-electron chi connectivity index (χ1n) is 11.3. The Balaban J connectivity index is 1.38. The summed E-state index contributed by atoms with van der Waals surface area (Å²) in [7, 11) is 0. The lowest BCUT2D eigenvalue weighted by atomic mass is 10.1. The summed E-state index contributed by atoms with van der Waals surface area (Å²) >= 11 is 0. The van der Waals surface area contributed by atoms with Crippen LogP contribution in [-0.4, -0.2) is 60.3 Å². The Hall–Kier alpha value is -3.07. The molecule has 1 fully saturated rings. The number of likely N-dealkylation sites (tertiary alicyclic amines) is 1. The lowest BCUT2D eigenvalue weighted by molar-refractivity contribution is -0.121. The van der Waals surface area contributed by atoms with Crippen LogP contribution in [0.2, 0.25) is 0 Å². The highest BCUT2D eigenvalue weighted by atomic mass is 16.7. The van der Waals surface area contributed by atoms with Gasteiger partial charge in [0.25, 0.3) is 5.91 Å². The Morgan fingerprint density at radius 1 is 1.12 bits per heavy atom. The number of carbonyl (C=O) groups excluding carboxylic acids is 2. The molecule has 0 aliphatic carbocycles. The number of benzene rings is 1. The summed E-state index contributed by atoms with van der Waals surface area (Å²) in [4.78, 5) is 40.3. The quantitative estimate of drug-likeness (QED) is 0.642. The average molecular weight is 443 g/mol. The Bertz CT molecular complexity index is 1080. The van der Waals surface area contributed by atoms with Gasteiger partial charge < -0.3 is 24.7 Å². The SMILES string of the molecule is CCN1CCC[C@H]1CNC(=O)CCNC(=O)c1cn(CC)c2cc3c(cc2c1=O)OCO3. The summed E-state index contributed by atoms with van der Waals surface area (Å²) in [6.45, 7) is 7.61. The number of carbonyl (C=O) groups is 2. The number of aryl methyl sites for hydroxylation is 1. The lowest BCUT2D eigenvalue weighted by Crippen LogP contribution is -2.41. The minimum absolute atomic E-state index is 0.0446. The Morgan fingerprint density at radius 3 is 2.66 bits per heavy atom. The highest BCUT2D eigenvalue weighted by molar-refractivity contribution is 5.98. The highest BCUT2D eigenvalue weighted by Crippen LogP contribution is 2.35. The summed E-state index contributed by atoms with van der Waals surface area (Å²) in [5.74, 6) is 0.486.